The minimum atomic E-state index is -0.745. The third-order valence-corrected chi connectivity index (χ3v) is 16.4. The third-order valence-electron chi connectivity index (χ3n) is 16.4. The number of hydrogen-bond donors (Lipinski definition) is 2. The van der Waals surface area contributed by atoms with Crippen molar-refractivity contribution in [2.75, 3.05) is 7.11 Å². The van der Waals surface area contributed by atoms with Crippen molar-refractivity contribution < 1.29 is 38.6 Å². The van der Waals surface area contributed by atoms with Crippen LogP contribution in [0.15, 0.2) is 268 Å². The molecule has 0 radical (unpaired) electrons. The van der Waals surface area contributed by atoms with Gasteiger partial charge in [0, 0.05) is 61.2 Å². The minimum absolute atomic E-state index is 0.157. The molecule has 12 nitrogen and oxygen atoms in total. The second-order valence-corrected chi connectivity index (χ2v) is 26.2. The molecule has 12 rings (SSSR count). The van der Waals surface area contributed by atoms with Gasteiger partial charge in [0.1, 0.15) is 0 Å². The van der Waals surface area contributed by atoms with E-state index >= 15 is 0 Å². The van der Waals surface area contributed by atoms with E-state index in [1.54, 1.807) is 20.0 Å². The second-order valence-electron chi connectivity index (χ2n) is 26.2. The Bertz CT molecular complexity index is 3660. The van der Waals surface area contributed by atoms with E-state index in [2.05, 4.69) is 304 Å². The van der Waals surface area contributed by atoms with Gasteiger partial charge in [-0.2, -0.15) is 19.2 Å². The van der Waals surface area contributed by atoms with Crippen LogP contribution in [0.5, 0.6) is 0 Å². The van der Waals surface area contributed by atoms with E-state index in [1.807, 2.05) is 224 Å². The fraction of sp³-hybridized carbons (Fsp3) is 0.483. The number of aliphatic carboxylic acids is 1. The van der Waals surface area contributed by atoms with Gasteiger partial charge >= 0.3 is 24.2 Å². The molecule has 0 unspecified atom stereocenters. The maximum absolute atomic E-state index is 9.96. The molecule has 1 aliphatic rings. The largest absolute Gasteiger partial charge is 0.481 e. The molecule has 4 heterocycles. The maximum Gasteiger partial charge on any atom is 0.373 e. The van der Waals surface area contributed by atoms with Crippen LogP contribution in [0.4, 0.5) is 0 Å². The first-order valence-corrected chi connectivity index (χ1v) is 49.3. The number of benzene rings is 7. The van der Waals surface area contributed by atoms with E-state index in [9.17, 15) is 9.59 Å². The summed E-state index contributed by atoms with van der Waals surface area (Å²) in [5.41, 5.74) is 13.8. The smallest absolute Gasteiger partial charge is 0.373 e. The van der Waals surface area contributed by atoms with Crippen LogP contribution < -0.4 is 0 Å². The molecule has 2 N–H and O–H groups in total. The number of fused-ring (bicyclic) bond motifs is 2. The van der Waals surface area contributed by atoms with Crippen LogP contribution in [0, 0.1) is 5.92 Å². The summed E-state index contributed by atoms with van der Waals surface area (Å²) >= 11 is 0. The van der Waals surface area contributed by atoms with Crippen LogP contribution in [0.3, 0.4) is 0 Å². The first kappa shape index (κ1) is 148. The summed E-state index contributed by atoms with van der Waals surface area (Å²) < 4.78 is 4.26. The Balaban J connectivity index is -0.000000102. The van der Waals surface area contributed by atoms with Gasteiger partial charge in [0.05, 0.1) is 7.11 Å². The highest BCUT2D eigenvalue weighted by Gasteiger charge is 2.12. The molecule has 0 amide bonds. The molecule has 1 saturated carbocycles. The Hall–Kier alpha value is -10.5. The molecular weight excluding hydrogens is 1600 g/mol. The van der Waals surface area contributed by atoms with Gasteiger partial charge in [-0.3, -0.25) is 24.5 Å². The van der Waals surface area contributed by atoms with Crippen molar-refractivity contribution in [2.45, 2.75) is 370 Å². The number of carboxylic acids is 1. The van der Waals surface area contributed by atoms with Gasteiger partial charge < -0.3 is 14.8 Å². The number of aromatic amines is 1. The Morgan fingerprint density at radius 3 is 1.09 bits per heavy atom. The van der Waals surface area contributed by atoms with Crippen molar-refractivity contribution >= 4 is 45.9 Å². The van der Waals surface area contributed by atoms with Crippen LogP contribution in [0.25, 0.3) is 21.7 Å². The Labute approximate surface area is 800 Å². The summed E-state index contributed by atoms with van der Waals surface area (Å²) in [7, 11) is 1.38. The van der Waals surface area contributed by atoms with E-state index in [-0.39, 0.29) is 24.7 Å². The number of hydrogen-bond acceptors (Lipinski definition) is 10. The summed E-state index contributed by atoms with van der Waals surface area (Å²) in [6.07, 6.45) is 30.2. The second kappa shape index (κ2) is 127. The molecule has 0 spiro atoms. The van der Waals surface area contributed by atoms with Crippen LogP contribution in [-0.2, 0) is 83.9 Å². The summed E-state index contributed by atoms with van der Waals surface area (Å²) in [5, 5.41) is 11.8. The molecule has 7 aromatic carbocycles. The number of H-pyrrole nitrogens is 1. The molecule has 12 heteroatoms. The van der Waals surface area contributed by atoms with Crippen LogP contribution in [0.2, 0.25) is 0 Å². The van der Waals surface area contributed by atoms with Gasteiger partial charge in [0.25, 0.3) is 0 Å². The zero-order valence-corrected chi connectivity index (χ0v) is 90.0. The SMILES string of the molecule is CC.CC.CC.CC.CC.CC.CC.CC.CC.CC.CC(C)(C)c1ccccc1.CC(C)c1ccccc1.CCC.CCC(=O)O.CCC(=O)OC.CCC1CCCCC1.CCc1ccc2[nH]ccc2c1.CCc1cccc2ccccc12.CCc1ccccc1.CCc1ccccc1.CCc1ccccn1.CCc1cccnc1.CCc1ccncc1.O=C=O.O=C=O. The summed E-state index contributed by atoms with van der Waals surface area (Å²) in [6, 6.07) is 79.7. The molecular formula is C118H194N4O8. The number of aryl methyl sites for hydroxylation is 7. The van der Waals surface area contributed by atoms with Gasteiger partial charge in [-0.05, 0) is 171 Å². The molecule has 0 aliphatic heterocycles. The summed E-state index contributed by atoms with van der Waals surface area (Å²) in [5.74, 6) is 0.843. The molecule has 0 bridgehead atoms. The maximum atomic E-state index is 9.96. The van der Waals surface area contributed by atoms with E-state index in [0.717, 1.165) is 56.6 Å². The number of carboxylic acid groups (broad SMARTS) is 1. The highest BCUT2D eigenvalue weighted by Crippen LogP contribution is 2.26. The molecule has 0 atom stereocenters. The number of nitrogens with zero attached hydrogens (tertiary/aromatic N) is 3. The molecule has 130 heavy (non-hydrogen) atoms. The van der Waals surface area contributed by atoms with Crippen LogP contribution in [-0.4, -0.2) is 56.4 Å². The predicted octanol–water partition coefficient (Wildman–Crippen LogP) is 35.9. The van der Waals surface area contributed by atoms with Crippen molar-refractivity contribution in [2.24, 2.45) is 5.92 Å². The van der Waals surface area contributed by atoms with E-state index < -0.39 is 5.97 Å². The van der Waals surface area contributed by atoms with Crippen molar-refractivity contribution in [3.8, 4) is 0 Å². The number of carbonyl (C=O) groups is 2. The number of rotatable bonds is 11. The monoisotopic (exact) mass is 1800 g/mol. The third kappa shape index (κ3) is 101. The summed E-state index contributed by atoms with van der Waals surface area (Å²) in [4.78, 5) is 66.9. The number of nitrogens with one attached hydrogen (secondary N) is 1. The number of esters is 1. The standard InChI is InChI=1S/C12H12.C10H11N.C10H14.C9H12.C8H16.2C8H10.3C7H9N.C4H8O2.C3H6O2.C3H8.10C2H6.2CO2/c1-2-10-7-5-8-11-6-3-4-9-12(10)11;1-2-8-3-4-10-9(7-8)5-6-11-10;1-10(2,3)9-7-5-4-6-8-9;1-8(2)9-6-4-3-5-7-9;3*1-2-8-6-4-3-5-7-8;1-2-7-3-5-8-6-4-7;1-2-7-4-3-5-8-6-7;1-2-7-5-3-4-6-8-7;1-3-4(5)6-2;1-2-3(4)5;1-3-2;10*1-2;2*2-1-3/h3-9H,2H2,1H3;3-7,11H,2H2,1H3;4-8H,1-3H3;3-8H,1-2H3;8H,2-7H2,1H3;2*3-7H,2H2,1H3;3*3-6H,2H2,1H3;3H2,1-2H3;2H2,1H3,(H,4,5);3H2,1-2H3;10*1-2H3;;. The first-order chi connectivity index (χ1) is 63.1. The Morgan fingerprint density at radius 1 is 0.408 bits per heavy atom. The number of pyridine rings is 3. The van der Waals surface area contributed by atoms with E-state index in [1.165, 1.54) is 118 Å². The first-order valence-electron chi connectivity index (χ1n) is 49.3. The van der Waals surface area contributed by atoms with Crippen LogP contribution >= 0.6 is 0 Å². The normalized spacial score (nSPS) is 9.07. The Kier molecular flexibility index (Phi) is 145. The van der Waals surface area contributed by atoms with Crippen molar-refractivity contribution in [3.05, 3.63) is 318 Å². The highest BCUT2D eigenvalue weighted by atomic mass is 16.5. The zero-order valence-electron chi connectivity index (χ0n) is 90.0. The van der Waals surface area contributed by atoms with Crippen molar-refractivity contribution in [1.82, 2.24) is 19.9 Å². The van der Waals surface area contributed by atoms with Crippen molar-refractivity contribution in [1.29, 1.82) is 0 Å². The van der Waals surface area contributed by atoms with Crippen LogP contribution in [0.1, 0.15) is 370 Å². The minimum Gasteiger partial charge on any atom is -0.481 e. The lowest BCUT2D eigenvalue weighted by Gasteiger charge is -2.18. The topological polar surface area (TPSA) is 186 Å². The lowest BCUT2D eigenvalue weighted by atomic mass is 9.87. The predicted molar refractivity (Wildman–Crippen MR) is 576 cm³/mol. The Morgan fingerprint density at radius 2 is 0.800 bits per heavy atom. The number of ether oxygens (including phenoxy) is 1. The lowest BCUT2D eigenvalue weighted by Crippen LogP contribution is -2.10. The van der Waals surface area contributed by atoms with Gasteiger partial charge in [0.15, 0.2) is 0 Å². The van der Waals surface area contributed by atoms with E-state index in [4.69, 9.17) is 24.3 Å². The fourth-order valence-corrected chi connectivity index (χ4v) is 9.70. The van der Waals surface area contributed by atoms with Gasteiger partial charge in [0.2, 0.25) is 0 Å². The molecule has 11 aromatic rings. The van der Waals surface area contributed by atoms with Gasteiger partial charge in [-0.1, -0.05) is 483 Å². The van der Waals surface area contributed by atoms with Gasteiger partial charge in [-0.25, -0.2) is 0 Å². The average molecular weight is 1800 g/mol. The quantitative estimate of drug-likeness (QED) is 0.117. The highest BCUT2D eigenvalue weighted by molar-refractivity contribution is 5.85. The summed E-state index contributed by atoms with van der Waals surface area (Å²) in [6.45, 7) is 76.1. The van der Waals surface area contributed by atoms with Crippen molar-refractivity contribution in [3.63, 3.8) is 0 Å². The molecule has 734 valence electrons. The lowest BCUT2D eigenvalue weighted by molar-refractivity contribution is -0.193. The van der Waals surface area contributed by atoms with E-state index in [0.29, 0.717) is 17.8 Å². The number of methoxy groups -OCH3 is 1. The zero-order chi connectivity index (χ0) is 103. The fourth-order valence-electron chi connectivity index (χ4n) is 9.70. The average Bonchev–Trinajstić information content (AvgIpc) is 1.50. The molecule has 1 aliphatic carbocycles. The molecule has 0 saturated heterocycles. The van der Waals surface area contributed by atoms with Gasteiger partial charge in [-0.15, -0.1) is 0 Å². The number of carbonyl (C=O) groups excluding carboxylic acids is 5. The molecule has 1 fully saturated rings. The number of aromatic nitrogens is 4. The molecule has 4 aromatic heterocycles.